The zero-order valence-corrected chi connectivity index (χ0v) is 11.3. The highest BCUT2D eigenvalue weighted by molar-refractivity contribution is 7.84. The molecule has 2 amide bonds. The van der Waals surface area contributed by atoms with Crippen molar-refractivity contribution < 1.29 is 9.59 Å². The van der Waals surface area contributed by atoms with Crippen molar-refractivity contribution in [3.63, 3.8) is 0 Å². The summed E-state index contributed by atoms with van der Waals surface area (Å²) in [7, 11) is 0. The number of nitrogens with zero attached hydrogens (tertiary/aromatic N) is 2. The van der Waals surface area contributed by atoms with E-state index in [1.54, 1.807) is 19.9 Å². The predicted octanol–water partition coefficient (Wildman–Crippen LogP) is 0.659. The van der Waals surface area contributed by atoms with Crippen molar-refractivity contribution in [1.82, 2.24) is 10.2 Å². The van der Waals surface area contributed by atoms with Gasteiger partial charge in [-0.1, -0.05) is 12.8 Å². The molecule has 0 fully saturated rings. The summed E-state index contributed by atoms with van der Waals surface area (Å²) >= 11 is 4.08. The van der Waals surface area contributed by atoms with Crippen LogP contribution in [0.5, 0.6) is 0 Å². The van der Waals surface area contributed by atoms with Crippen molar-refractivity contribution in [2.24, 2.45) is 0 Å². The fraction of sp³-hybridized carbons (Fsp3) is 0.417. The maximum atomic E-state index is 11.6. The first-order valence-electron chi connectivity index (χ1n) is 5.38. The van der Waals surface area contributed by atoms with Crippen LogP contribution in [-0.2, 0) is 9.59 Å². The molecule has 0 aromatic rings. The number of rotatable bonds is 5. The molecule has 0 spiro atoms. The summed E-state index contributed by atoms with van der Waals surface area (Å²) in [6.45, 7) is 3.77. The Morgan fingerprint density at radius 2 is 2.06 bits per heavy atom. The fourth-order valence-electron chi connectivity index (χ4n) is 1.19. The van der Waals surface area contributed by atoms with Gasteiger partial charge in [0.25, 0.3) is 5.91 Å². The van der Waals surface area contributed by atoms with E-state index in [2.05, 4.69) is 23.9 Å². The molecule has 96 valence electrons. The highest BCUT2D eigenvalue weighted by atomic mass is 32.1. The molecule has 6 heteroatoms. The molecule has 0 aliphatic carbocycles. The minimum atomic E-state index is -0.636. The summed E-state index contributed by atoms with van der Waals surface area (Å²) in [4.78, 5) is 24.5. The van der Waals surface area contributed by atoms with Crippen LogP contribution in [0.2, 0.25) is 0 Å². The van der Waals surface area contributed by atoms with Gasteiger partial charge in [0, 0.05) is 13.0 Å². The Morgan fingerprint density at radius 3 is 2.44 bits per heavy atom. The van der Waals surface area contributed by atoms with Crippen LogP contribution in [0, 0.1) is 23.7 Å². The van der Waals surface area contributed by atoms with Gasteiger partial charge in [-0.3, -0.25) is 9.59 Å². The molecule has 0 atom stereocenters. The molecule has 0 unspecified atom stereocenters. The van der Waals surface area contributed by atoms with Crippen LogP contribution >= 0.6 is 12.6 Å². The molecule has 0 aliphatic heterocycles. The zero-order valence-electron chi connectivity index (χ0n) is 10.4. The van der Waals surface area contributed by atoms with Gasteiger partial charge in [-0.2, -0.15) is 5.26 Å². The Morgan fingerprint density at radius 1 is 1.44 bits per heavy atom. The zero-order chi connectivity index (χ0) is 14.1. The molecular weight excluding hydrogens is 250 g/mol. The smallest absolute Gasteiger partial charge is 0.265 e. The first kappa shape index (κ1) is 16.1. The van der Waals surface area contributed by atoms with E-state index >= 15 is 0 Å². The second kappa shape index (κ2) is 8.21. The summed E-state index contributed by atoms with van der Waals surface area (Å²) in [5.74, 6) is 1.38. The topological polar surface area (TPSA) is 73.2 Å². The maximum Gasteiger partial charge on any atom is 0.265 e. The van der Waals surface area contributed by atoms with Crippen molar-refractivity contribution in [3.8, 4) is 18.4 Å². The predicted molar refractivity (Wildman–Crippen MR) is 71.1 cm³/mol. The van der Waals surface area contributed by atoms with Gasteiger partial charge in [-0.15, -0.1) is 19.1 Å². The molecule has 0 heterocycles. The average Bonchev–Trinajstić information content (AvgIpc) is 2.37. The van der Waals surface area contributed by atoms with Crippen molar-refractivity contribution in [3.05, 3.63) is 10.6 Å². The molecule has 0 bridgehead atoms. The molecule has 0 aromatic heterocycles. The van der Waals surface area contributed by atoms with Gasteiger partial charge in [0.1, 0.15) is 11.6 Å². The Kier molecular flexibility index (Phi) is 7.34. The van der Waals surface area contributed by atoms with E-state index in [-0.39, 0.29) is 29.5 Å². The second-order valence-corrected chi connectivity index (χ2v) is 3.61. The van der Waals surface area contributed by atoms with Crippen molar-refractivity contribution in [2.75, 3.05) is 13.1 Å². The number of terminal acetylenes is 1. The Hall–Kier alpha value is -1.92. The Balaban J connectivity index is 5.26. The third-order valence-corrected chi connectivity index (χ3v) is 2.55. The van der Waals surface area contributed by atoms with E-state index in [9.17, 15) is 9.59 Å². The molecule has 0 aromatic carbocycles. The Bertz CT molecular complexity index is 443. The van der Waals surface area contributed by atoms with Gasteiger partial charge in [0.05, 0.1) is 11.6 Å². The molecule has 5 nitrogen and oxygen atoms in total. The monoisotopic (exact) mass is 265 g/mol. The normalized spacial score (nSPS) is 10.7. The lowest BCUT2D eigenvalue weighted by Crippen LogP contribution is -2.32. The first-order chi connectivity index (χ1) is 8.53. The SMILES string of the molecule is C#CCNC(=O)/C(C#N)=C(\S)N(CC)C(=O)CC. The average molecular weight is 265 g/mol. The highest BCUT2D eigenvalue weighted by Crippen LogP contribution is 2.15. The molecule has 0 radical (unpaired) electrons. The van der Waals surface area contributed by atoms with Crippen molar-refractivity contribution >= 4 is 24.4 Å². The Labute approximate surface area is 112 Å². The molecule has 18 heavy (non-hydrogen) atoms. The number of nitriles is 1. The van der Waals surface area contributed by atoms with Gasteiger partial charge in [0.15, 0.2) is 0 Å². The van der Waals surface area contributed by atoms with E-state index in [1.807, 2.05) is 0 Å². The summed E-state index contributed by atoms with van der Waals surface area (Å²) in [5, 5.41) is 11.4. The van der Waals surface area contributed by atoms with E-state index in [1.165, 1.54) is 4.90 Å². The molecule has 1 N–H and O–H groups in total. The van der Waals surface area contributed by atoms with E-state index < -0.39 is 5.91 Å². The number of carbonyl (C=O) groups is 2. The van der Waals surface area contributed by atoms with Gasteiger partial charge >= 0.3 is 0 Å². The number of nitrogens with one attached hydrogen (secondary N) is 1. The lowest BCUT2D eigenvalue weighted by atomic mass is 10.2. The van der Waals surface area contributed by atoms with Crippen molar-refractivity contribution in [1.29, 1.82) is 5.26 Å². The van der Waals surface area contributed by atoms with Gasteiger partial charge in [-0.05, 0) is 6.92 Å². The third kappa shape index (κ3) is 4.15. The minimum absolute atomic E-state index is 0.0128. The lowest BCUT2D eigenvalue weighted by Gasteiger charge is -2.20. The standard InChI is InChI=1S/C12H15N3O2S/c1-4-7-14-11(17)9(8-13)12(18)15(6-3)10(16)5-2/h1,18H,5-7H2,2-3H3,(H,14,17)/b12-9-. The van der Waals surface area contributed by atoms with Crippen LogP contribution in [0.1, 0.15) is 20.3 Å². The van der Waals surface area contributed by atoms with E-state index in [0.717, 1.165) is 0 Å². The fourth-order valence-corrected chi connectivity index (χ4v) is 1.60. The molecule has 0 aliphatic rings. The summed E-state index contributed by atoms with van der Waals surface area (Å²) < 4.78 is 0. The highest BCUT2D eigenvalue weighted by Gasteiger charge is 2.20. The quantitative estimate of drug-likeness (QED) is 0.332. The number of carbonyl (C=O) groups excluding carboxylic acids is 2. The van der Waals surface area contributed by atoms with Crippen LogP contribution in [0.3, 0.4) is 0 Å². The molecule has 0 rings (SSSR count). The second-order valence-electron chi connectivity index (χ2n) is 3.19. The van der Waals surface area contributed by atoms with Gasteiger partial charge in [0.2, 0.25) is 5.91 Å². The first-order valence-corrected chi connectivity index (χ1v) is 5.83. The third-order valence-electron chi connectivity index (χ3n) is 2.09. The van der Waals surface area contributed by atoms with E-state index in [4.69, 9.17) is 11.7 Å². The number of amides is 2. The summed E-state index contributed by atoms with van der Waals surface area (Å²) in [6.07, 6.45) is 5.27. The minimum Gasteiger partial charge on any atom is -0.340 e. The molecule has 0 saturated carbocycles. The lowest BCUT2D eigenvalue weighted by molar-refractivity contribution is -0.128. The number of hydrogen-bond acceptors (Lipinski definition) is 4. The van der Waals surface area contributed by atoms with Crippen LogP contribution in [0.4, 0.5) is 0 Å². The maximum absolute atomic E-state index is 11.6. The van der Waals surface area contributed by atoms with Gasteiger partial charge in [-0.25, -0.2) is 0 Å². The van der Waals surface area contributed by atoms with E-state index in [0.29, 0.717) is 6.54 Å². The van der Waals surface area contributed by atoms with Crippen LogP contribution < -0.4 is 5.32 Å². The number of thiol groups is 1. The van der Waals surface area contributed by atoms with Crippen LogP contribution in [0.15, 0.2) is 10.6 Å². The van der Waals surface area contributed by atoms with Crippen LogP contribution in [0.25, 0.3) is 0 Å². The largest absolute Gasteiger partial charge is 0.340 e. The molecular formula is C12H15N3O2S. The van der Waals surface area contributed by atoms with Crippen LogP contribution in [-0.4, -0.2) is 29.8 Å². The van der Waals surface area contributed by atoms with Gasteiger partial charge < -0.3 is 10.2 Å². The molecule has 0 saturated heterocycles. The number of hydrogen-bond donors (Lipinski definition) is 2. The summed E-state index contributed by atoms with van der Waals surface area (Å²) in [6, 6.07) is 1.73. The summed E-state index contributed by atoms with van der Waals surface area (Å²) in [5.41, 5.74) is -0.225. The van der Waals surface area contributed by atoms with Crippen molar-refractivity contribution in [2.45, 2.75) is 20.3 Å².